The van der Waals surface area contributed by atoms with Crippen LogP contribution in [0.4, 0.5) is 5.69 Å². The van der Waals surface area contributed by atoms with Gasteiger partial charge in [0, 0.05) is 12.2 Å². The van der Waals surface area contributed by atoms with Gasteiger partial charge in [-0.15, -0.1) is 0 Å². The van der Waals surface area contributed by atoms with Crippen LogP contribution >= 0.6 is 0 Å². The highest BCUT2D eigenvalue weighted by molar-refractivity contribution is 5.95. The predicted molar refractivity (Wildman–Crippen MR) is 107 cm³/mol. The monoisotopic (exact) mass is 344 g/mol. The summed E-state index contributed by atoms with van der Waals surface area (Å²) in [5, 5.41) is 6.44. The van der Waals surface area contributed by atoms with Gasteiger partial charge < -0.3 is 10.6 Å². The summed E-state index contributed by atoms with van der Waals surface area (Å²) in [6.07, 6.45) is 0. The maximum Gasteiger partial charge on any atom is 0.246 e. The van der Waals surface area contributed by atoms with Crippen molar-refractivity contribution in [3.63, 3.8) is 0 Å². The summed E-state index contributed by atoms with van der Waals surface area (Å²) in [5.74, 6) is 0.259. The molecular weight excluding hydrogens is 320 g/mol. The molecule has 0 aliphatic carbocycles. The predicted octanol–water partition coefficient (Wildman–Crippen LogP) is 4.76. The van der Waals surface area contributed by atoms with Gasteiger partial charge in [-0.3, -0.25) is 4.79 Å². The van der Waals surface area contributed by atoms with Crippen molar-refractivity contribution in [2.24, 2.45) is 0 Å². The molecule has 0 aliphatic rings. The summed E-state index contributed by atoms with van der Waals surface area (Å²) in [6.45, 7) is 2.88. The highest BCUT2D eigenvalue weighted by atomic mass is 16.2. The van der Waals surface area contributed by atoms with Gasteiger partial charge in [0.05, 0.1) is 0 Å². The fraction of sp³-hybridized carbons (Fsp3) is 0.174. The molecule has 26 heavy (non-hydrogen) atoms. The van der Waals surface area contributed by atoms with Gasteiger partial charge in [0.25, 0.3) is 0 Å². The number of hydrogen-bond donors (Lipinski definition) is 2. The first kappa shape index (κ1) is 17.9. The Morgan fingerprint density at radius 3 is 1.85 bits per heavy atom. The lowest BCUT2D eigenvalue weighted by Gasteiger charge is -2.21. The van der Waals surface area contributed by atoms with Gasteiger partial charge in [-0.05, 0) is 29.2 Å². The Balaban J connectivity index is 1.72. The zero-order valence-corrected chi connectivity index (χ0v) is 14.9. The number of carbonyl (C=O) groups excluding carboxylic acids is 1. The second kappa shape index (κ2) is 8.97. The van der Waals surface area contributed by atoms with E-state index in [2.05, 4.69) is 29.7 Å². The van der Waals surface area contributed by atoms with E-state index in [1.165, 1.54) is 5.56 Å². The standard InChI is InChI=1S/C23H24N2O/c1-18(19-11-5-2-6-12-19)17-24-22(20-13-7-3-8-14-20)23(26)25-21-15-9-4-10-16-21/h2-16,18,22,24H,17H2,1H3,(H,25,26)/t18?,22-/m1/s1. The summed E-state index contributed by atoms with van der Waals surface area (Å²) < 4.78 is 0. The first-order valence-corrected chi connectivity index (χ1v) is 8.93. The topological polar surface area (TPSA) is 41.1 Å². The van der Waals surface area contributed by atoms with Gasteiger partial charge in [-0.1, -0.05) is 85.8 Å². The van der Waals surface area contributed by atoms with E-state index in [1.807, 2.05) is 78.9 Å². The molecule has 2 atom stereocenters. The third kappa shape index (κ3) is 4.80. The van der Waals surface area contributed by atoms with Crippen LogP contribution in [0.5, 0.6) is 0 Å². The third-order valence-electron chi connectivity index (χ3n) is 4.43. The number of anilines is 1. The maximum absolute atomic E-state index is 12.9. The molecule has 0 saturated heterocycles. The Labute approximate surface area is 155 Å². The van der Waals surface area contributed by atoms with E-state index in [4.69, 9.17) is 0 Å². The van der Waals surface area contributed by atoms with Crippen molar-refractivity contribution in [2.75, 3.05) is 11.9 Å². The molecule has 3 heteroatoms. The lowest BCUT2D eigenvalue weighted by atomic mass is 9.99. The minimum absolute atomic E-state index is 0.0531. The van der Waals surface area contributed by atoms with Crippen molar-refractivity contribution in [3.05, 3.63) is 102 Å². The van der Waals surface area contributed by atoms with Gasteiger partial charge in [-0.2, -0.15) is 0 Å². The second-order valence-electron chi connectivity index (χ2n) is 6.42. The van der Waals surface area contributed by atoms with E-state index in [9.17, 15) is 4.79 Å². The highest BCUT2D eigenvalue weighted by Crippen LogP contribution is 2.19. The number of nitrogens with one attached hydrogen (secondary N) is 2. The molecular formula is C23H24N2O. The molecule has 0 saturated carbocycles. The van der Waals surface area contributed by atoms with Crippen LogP contribution in [0, 0.1) is 0 Å². The Hall–Kier alpha value is -2.91. The van der Waals surface area contributed by atoms with E-state index in [-0.39, 0.29) is 5.91 Å². The van der Waals surface area contributed by atoms with Crippen LogP contribution < -0.4 is 10.6 Å². The largest absolute Gasteiger partial charge is 0.324 e. The van der Waals surface area contributed by atoms with Crippen molar-refractivity contribution in [2.45, 2.75) is 18.9 Å². The SMILES string of the molecule is CC(CN[C@@H](C(=O)Nc1ccccc1)c1ccccc1)c1ccccc1. The van der Waals surface area contributed by atoms with Crippen LogP contribution in [-0.4, -0.2) is 12.5 Å². The molecule has 3 rings (SSSR count). The molecule has 0 fully saturated rings. The number of carbonyl (C=O) groups is 1. The van der Waals surface area contributed by atoms with E-state index >= 15 is 0 Å². The fourth-order valence-electron chi connectivity index (χ4n) is 2.94. The van der Waals surface area contributed by atoms with Crippen LogP contribution in [0.2, 0.25) is 0 Å². The Kier molecular flexibility index (Phi) is 6.18. The van der Waals surface area contributed by atoms with Gasteiger partial charge in [-0.25, -0.2) is 0 Å². The van der Waals surface area contributed by atoms with Crippen molar-refractivity contribution in [1.29, 1.82) is 0 Å². The first-order valence-electron chi connectivity index (χ1n) is 8.93. The molecule has 0 aliphatic heterocycles. The van der Waals surface area contributed by atoms with Gasteiger partial charge in [0.1, 0.15) is 6.04 Å². The second-order valence-corrected chi connectivity index (χ2v) is 6.42. The van der Waals surface area contributed by atoms with Crippen molar-refractivity contribution in [1.82, 2.24) is 5.32 Å². The fourth-order valence-corrected chi connectivity index (χ4v) is 2.94. The molecule has 3 aromatic rings. The number of hydrogen-bond acceptors (Lipinski definition) is 2. The van der Waals surface area contributed by atoms with Gasteiger partial charge >= 0.3 is 0 Å². The van der Waals surface area contributed by atoms with E-state index in [0.29, 0.717) is 12.5 Å². The number of amides is 1. The molecule has 0 aromatic heterocycles. The zero-order chi connectivity index (χ0) is 18.2. The van der Waals surface area contributed by atoms with Crippen molar-refractivity contribution in [3.8, 4) is 0 Å². The minimum Gasteiger partial charge on any atom is -0.324 e. The Morgan fingerprint density at radius 2 is 1.27 bits per heavy atom. The maximum atomic E-state index is 12.9. The molecule has 0 bridgehead atoms. The Bertz CT molecular complexity index is 803. The number of rotatable bonds is 7. The summed E-state index contributed by atoms with van der Waals surface area (Å²) in [6, 6.07) is 29.3. The van der Waals surface area contributed by atoms with Gasteiger partial charge in [0.15, 0.2) is 0 Å². The lowest BCUT2D eigenvalue weighted by Crippen LogP contribution is -2.35. The van der Waals surface area contributed by atoms with Crippen LogP contribution in [0.15, 0.2) is 91.0 Å². The molecule has 1 amide bonds. The lowest BCUT2D eigenvalue weighted by molar-refractivity contribution is -0.118. The molecule has 2 N–H and O–H groups in total. The van der Waals surface area contributed by atoms with Crippen molar-refractivity contribution < 1.29 is 4.79 Å². The van der Waals surface area contributed by atoms with Crippen LogP contribution in [-0.2, 0) is 4.79 Å². The van der Waals surface area contributed by atoms with E-state index in [0.717, 1.165) is 11.3 Å². The number of benzene rings is 3. The minimum atomic E-state index is -0.400. The normalized spacial score (nSPS) is 13.0. The highest BCUT2D eigenvalue weighted by Gasteiger charge is 2.21. The van der Waals surface area contributed by atoms with Crippen LogP contribution in [0.1, 0.15) is 30.0 Å². The van der Waals surface area contributed by atoms with Crippen molar-refractivity contribution >= 4 is 11.6 Å². The molecule has 3 nitrogen and oxygen atoms in total. The molecule has 1 unspecified atom stereocenters. The molecule has 0 heterocycles. The zero-order valence-electron chi connectivity index (χ0n) is 14.9. The Morgan fingerprint density at radius 1 is 0.769 bits per heavy atom. The average Bonchev–Trinajstić information content (AvgIpc) is 2.70. The third-order valence-corrected chi connectivity index (χ3v) is 4.43. The first-order chi connectivity index (χ1) is 12.7. The summed E-state index contributed by atoms with van der Waals surface area (Å²) in [5.41, 5.74) is 3.02. The van der Waals surface area contributed by atoms with Crippen LogP contribution in [0.3, 0.4) is 0 Å². The van der Waals surface area contributed by atoms with E-state index in [1.54, 1.807) is 0 Å². The molecule has 0 spiro atoms. The summed E-state index contributed by atoms with van der Waals surface area (Å²) >= 11 is 0. The average molecular weight is 344 g/mol. The van der Waals surface area contributed by atoms with E-state index < -0.39 is 6.04 Å². The molecule has 0 radical (unpaired) electrons. The molecule has 132 valence electrons. The smallest absolute Gasteiger partial charge is 0.246 e. The number of para-hydroxylation sites is 1. The summed E-state index contributed by atoms with van der Waals surface area (Å²) in [7, 11) is 0. The summed E-state index contributed by atoms with van der Waals surface area (Å²) in [4.78, 5) is 12.9. The quantitative estimate of drug-likeness (QED) is 0.649. The molecule has 3 aromatic carbocycles. The van der Waals surface area contributed by atoms with Crippen LogP contribution in [0.25, 0.3) is 0 Å². The van der Waals surface area contributed by atoms with Gasteiger partial charge in [0.2, 0.25) is 5.91 Å².